The van der Waals surface area contributed by atoms with Crippen LogP contribution in [0.4, 0.5) is 0 Å². The Bertz CT molecular complexity index is 182. The Morgan fingerprint density at radius 3 is 2.62 bits per heavy atom. The Kier molecular flexibility index (Phi) is 6.63. The molecular formula is C9H17ClN2O. The van der Waals surface area contributed by atoms with E-state index in [1.165, 1.54) is 0 Å². The third-order valence-electron chi connectivity index (χ3n) is 1.70. The molecular weight excluding hydrogens is 188 g/mol. The van der Waals surface area contributed by atoms with Gasteiger partial charge in [-0.25, -0.2) is 0 Å². The highest BCUT2D eigenvalue weighted by Crippen LogP contribution is 1.91. The Hall–Kier alpha value is -0.540. The smallest absolute Gasteiger partial charge is 0.234 e. The van der Waals surface area contributed by atoms with Gasteiger partial charge in [0, 0.05) is 11.1 Å². The van der Waals surface area contributed by atoms with Crippen LogP contribution in [0.15, 0.2) is 11.6 Å². The lowest BCUT2D eigenvalue weighted by Gasteiger charge is -2.10. The van der Waals surface area contributed by atoms with Gasteiger partial charge in [-0.2, -0.15) is 0 Å². The first-order valence-corrected chi connectivity index (χ1v) is 4.77. The summed E-state index contributed by atoms with van der Waals surface area (Å²) in [6.45, 7) is 8.24. The van der Waals surface area contributed by atoms with Gasteiger partial charge >= 0.3 is 0 Å². The molecule has 0 saturated carbocycles. The molecule has 1 unspecified atom stereocenters. The predicted octanol–water partition coefficient (Wildman–Crippen LogP) is 1.24. The van der Waals surface area contributed by atoms with Crippen LogP contribution < -0.4 is 10.6 Å². The molecule has 0 aromatic heterocycles. The number of halogens is 1. The van der Waals surface area contributed by atoms with Crippen LogP contribution in [-0.4, -0.2) is 25.0 Å². The van der Waals surface area contributed by atoms with Gasteiger partial charge < -0.3 is 10.6 Å². The molecule has 2 N–H and O–H groups in total. The van der Waals surface area contributed by atoms with Crippen LogP contribution >= 0.6 is 11.6 Å². The van der Waals surface area contributed by atoms with Crippen molar-refractivity contribution in [2.75, 3.05) is 13.1 Å². The van der Waals surface area contributed by atoms with Crippen LogP contribution in [0.25, 0.3) is 0 Å². The van der Waals surface area contributed by atoms with E-state index in [1.807, 2.05) is 6.92 Å². The molecule has 0 bridgehead atoms. The van der Waals surface area contributed by atoms with Crippen LogP contribution in [0.1, 0.15) is 20.3 Å². The number of amides is 1. The van der Waals surface area contributed by atoms with Crippen molar-refractivity contribution >= 4 is 17.5 Å². The molecule has 13 heavy (non-hydrogen) atoms. The van der Waals surface area contributed by atoms with Gasteiger partial charge in [0.1, 0.15) is 0 Å². The first-order valence-electron chi connectivity index (χ1n) is 4.39. The third-order valence-corrected chi connectivity index (χ3v) is 1.83. The molecule has 0 aliphatic heterocycles. The molecule has 0 aromatic rings. The second-order valence-electron chi connectivity index (χ2n) is 2.98. The summed E-state index contributed by atoms with van der Waals surface area (Å²) in [5, 5.41) is 6.14. The normalized spacial score (nSPS) is 12.2. The highest BCUT2D eigenvalue weighted by atomic mass is 35.5. The maximum Gasteiger partial charge on any atom is 0.234 e. The lowest BCUT2D eigenvalue weighted by atomic mass is 10.2. The zero-order valence-corrected chi connectivity index (χ0v) is 8.95. The van der Waals surface area contributed by atoms with Gasteiger partial charge in [0.25, 0.3) is 0 Å². The summed E-state index contributed by atoms with van der Waals surface area (Å²) in [5.74, 6) is -0.0536. The molecule has 0 rings (SSSR count). The zero-order chi connectivity index (χ0) is 10.3. The van der Waals surface area contributed by atoms with Crippen molar-refractivity contribution in [2.24, 2.45) is 0 Å². The van der Waals surface area contributed by atoms with Crippen molar-refractivity contribution in [1.82, 2.24) is 10.6 Å². The molecule has 3 nitrogen and oxygen atoms in total. The molecule has 0 saturated heterocycles. The fraction of sp³-hybridized carbons (Fsp3) is 0.667. The standard InChI is InChI=1S/C9H17ClN2O/c1-4-8(3)11-6-9(13)12-5-7(2)10/h8,11H,2,4-6H2,1,3H3,(H,12,13). The van der Waals surface area contributed by atoms with Crippen LogP contribution in [0.3, 0.4) is 0 Å². The van der Waals surface area contributed by atoms with E-state index in [4.69, 9.17) is 11.6 Å². The number of hydrogen-bond acceptors (Lipinski definition) is 2. The molecule has 4 heteroatoms. The molecule has 0 spiro atoms. The summed E-state index contributed by atoms with van der Waals surface area (Å²) in [6.07, 6.45) is 1.01. The van der Waals surface area contributed by atoms with Crippen molar-refractivity contribution in [3.63, 3.8) is 0 Å². The number of nitrogens with one attached hydrogen (secondary N) is 2. The number of hydrogen-bond donors (Lipinski definition) is 2. The Morgan fingerprint density at radius 2 is 2.15 bits per heavy atom. The fourth-order valence-electron chi connectivity index (χ4n) is 0.668. The minimum atomic E-state index is -0.0536. The molecule has 0 aromatic carbocycles. The van der Waals surface area contributed by atoms with Crippen LogP contribution in [0.2, 0.25) is 0 Å². The summed E-state index contributed by atoms with van der Waals surface area (Å²) >= 11 is 5.48. The molecule has 0 radical (unpaired) electrons. The van der Waals surface area contributed by atoms with E-state index in [9.17, 15) is 4.79 Å². The monoisotopic (exact) mass is 204 g/mol. The Labute approximate surface area is 84.5 Å². The summed E-state index contributed by atoms with van der Waals surface area (Å²) in [6, 6.07) is 0.366. The number of carbonyl (C=O) groups is 1. The quantitative estimate of drug-likeness (QED) is 0.684. The molecule has 1 atom stereocenters. The predicted molar refractivity (Wildman–Crippen MR) is 55.8 cm³/mol. The zero-order valence-electron chi connectivity index (χ0n) is 8.19. The van der Waals surface area contributed by atoms with Gasteiger partial charge in [0.15, 0.2) is 0 Å². The van der Waals surface area contributed by atoms with E-state index in [-0.39, 0.29) is 5.91 Å². The van der Waals surface area contributed by atoms with Crippen molar-refractivity contribution < 1.29 is 4.79 Å². The minimum absolute atomic E-state index is 0.0536. The van der Waals surface area contributed by atoms with Gasteiger partial charge in [-0.05, 0) is 13.3 Å². The van der Waals surface area contributed by atoms with Crippen LogP contribution in [0.5, 0.6) is 0 Å². The summed E-state index contributed by atoms with van der Waals surface area (Å²) < 4.78 is 0. The lowest BCUT2D eigenvalue weighted by molar-refractivity contribution is -0.120. The number of rotatable bonds is 6. The van der Waals surface area contributed by atoms with Gasteiger partial charge in [0.2, 0.25) is 5.91 Å². The lowest BCUT2D eigenvalue weighted by Crippen LogP contribution is -2.38. The van der Waals surface area contributed by atoms with Gasteiger partial charge in [-0.15, -0.1) is 0 Å². The van der Waals surface area contributed by atoms with E-state index in [2.05, 4.69) is 24.1 Å². The average molecular weight is 205 g/mol. The van der Waals surface area contributed by atoms with Crippen LogP contribution in [0, 0.1) is 0 Å². The third kappa shape index (κ3) is 7.81. The second-order valence-corrected chi connectivity index (χ2v) is 3.52. The molecule has 0 aliphatic carbocycles. The van der Waals surface area contributed by atoms with Crippen molar-refractivity contribution in [1.29, 1.82) is 0 Å². The van der Waals surface area contributed by atoms with Crippen LogP contribution in [-0.2, 0) is 4.79 Å². The van der Waals surface area contributed by atoms with Gasteiger partial charge in [0.05, 0.1) is 13.1 Å². The van der Waals surface area contributed by atoms with Crippen molar-refractivity contribution in [2.45, 2.75) is 26.3 Å². The summed E-state index contributed by atoms with van der Waals surface area (Å²) in [5.41, 5.74) is 0. The maximum absolute atomic E-state index is 11.1. The number of carbonyl (C=O) groups excluding carboxylic acids is 1. The van der Waals surface area contributed by atoms with E-state index in [1.54, 1.807) is 0 Å². The first kappa shape index (κ1) is 12.5. The van der Waals surface area contributed by atoms with E-state index >= 15 is 0 Å². The van der Waals surface area contributed by atoms with Crippen molar-refractivity contribution in [3.05, 3.63) is 11.6 Å². The molecule has 1 amide bonds. The average Bonchev–Trinajstić information content (AvgIpc) is 2.10. The van der Waals surface area contributed by atoms with Gasteiger partial charge in [-0.3, -0.25) is 4.79 Å². The second kappa shape index (κ2) is 6.92. The van der Waals surface area contributed by atoms with E-state index < -0.39 is 0 Å². The van der Waals surface area contributed by atoms with Gasteiger partial charge in [-0.1, -0.05) is 25.1 Å². The molecule has 0 heterocycles. The molecule has 0 fully saturated rings. The summed E-state index contributed by atoms with van der Waals surface area (Å²) in [4.78, 5) is 11.1. The first-order chi connectivity index (χ1) is 6.06. The highest BCUT2D eigenvalue weighted by molar-refractivity contribution is 6.29. The van der Waals surface area contributed by atoms with E-state index in [0.29, 0.717) is 24.2 Å². The maximum atomic E-state index is 11.1. The Morgan fingerprint density at radius 1 is 1.54 bits per heavy atom. The molecule has 76 valence electrons. The van der Waals surface area contributed by atoms with E-state index in [0.717, 1.165) is 6.42 Å². The van der Waals surface area contributed by atoms with Crippen molar-refractivity contribution in [3.8, 4) is 0 Å². The largest absolute Gasteiger partial charge is 0.350 e. The SMILES string of the molecule is C=C(Cl)CNC(=O)CNC(C)CC. The minimum Gasteiger partial charge on any atom is -0.350 e. The Balaban J connectivity index is 3.46. The highest BCUT2D eigenvalue weighted by Gasteiger charge is 2.02. The molecule has 0 aliphatic rings. The fourth-order valence-corrected chi connectivity index (χ4v) is 0.735. The summed E-state index contributed by atoms with van der Waals surface area (Å²) in [7, 11) is 0. The topological polar surface area (TPSA) is 41.1 Å².